The highest BCUT2D eigenvalue weighted by molar-refractivity contribution is 5.28. The number of rotatable bonds is 7. The minimum Gasteiger partial charge on any atom is -0.369 e. The molecule has 3 heteroatoms. The second kappa shape index (κ2) is 8.24. The Bertz CT molecular complexity index is 229. The summed E-state index contributed by atoms with van der Waals surface area (Å²) in [5.74, 6) is 0. The van der Waals surface area contributed by atoms with Gasteiger partial charge < -0.3 is 9.80 Å². The molecule has 0 aliphatic rings. The van der Waals surface area contributed by atoms with Gasteiger partial charge in [-0.25, -0.2) is 0 Å². The zero-order valence-corrected chi connectivity index (χ0v) is 10.4. The van der Waals surface area contributed by atoms with Gasteiger partial charge in [0.1, 0.15) is 0 Å². The van der Waals surface area contributed by atoms with E-state index in [0.29, 0.717) is 0 Å². The molecule has 0 amide bonds. The first-order chi connectivity index (χ1) is 7.15. The summed E-state index contributed by atoms with van der Waals surface area (Å²) in [4.78, 5) is 8.30. The zero-order chi connectivity index (χ0) is 11.7. The van der Waals surface area contributed by atoms with Crippen molar-refractivity contribution in [3.63, 3.8) is 0 Å². The molecule has 0 heterocycles. The average Bonchev–Trinajstić information content (AvgIpc) is 2.19. The maximum absolute atomic E-state index is 3.83. The first kappa shape index (κ1) is 13.9. The van der Waals surface area contributed by atoms with E-state index in [1.54, 1.807) is 6.20 Å². The molecule has 3 nitrogen and oxygen atoms in total. The van der Waals surface area contributed by atoms with Gasteiger partial charge in [0.2, 0.25) is 0 Å². The monoisotopic (exact) mass is 209 g/mol. The molecule has 0 aliphatic heterocycles. The van der Waals surface area contributed by atoms with Gasteiger partial charge in [-0.1, -0.05) is 6.08 Å². The maximum atomic E-state index is 3.83. The lowest BCUT2D eigenvalue weighted by Crippen LogP contribution is -2.30. The van der Waals surface area contributed by atoms with Gasteiger partial charge in [-0.3, -0.25) is 4.99 Å². The summed E-state index contributed by atoms with van der Waals surface area (Å²) in [5.41, 5.74) is 1.12. The van der Waals surface area contributed by atoms with Crippen molar-refractivity contribution in [1.82, 2.24) is 9.80 Å². The smallest absolute Gasteiger partial charge is 0.0548 e. The highest BCUT2D eigenvalue weighted by atomic mass is 15.2. The van der Waals surface area contributed by atoms with Crippen molar-refractivity contribution in [2.75, 3.05) is 33.7 Å². The van der Waals surface area contributed by atoms with Crippen LogP contribution < -0.4 is 0 Å². The van der Waals surface area contributed by atoms with Crippen LogP contribution in [0.15, 0.2) is 29.0 Å². The van der Waals surface area contributed by atoms with Crippen LogP contribution in [0.2, 0.25) is 0 Å². The highest BCUT2D eigenvalue weighted by Crippen LogP contribution is 2.06. The quantitative estimate of drug-likeness (QED) is 0.472. The normalized spacial score (nSPS) is 12.5. The molecule has 0 aliphatic carbocycles. The number of likely N-dealkylation sites (N-methyl/N-ethyl adjacent to an activating group) is 2. The van der Waals surface area contributed by atoms with Crippen molar-refractivity contribution in [3.05, 3.63) is 24.0 Å². The van der Waals surface area contributed by atoms with E-state index in [0.717, 1.165) is 25.3 Å². The summed E-state index contributed by atoms with van der Waals surface area (Å²) in [5, 5.41) is 0. The van der Waals surface area contributed by atoms with Gasteiger partial charge in [0.05, 0.1) is 5.70 Å². The summed E-state index contributed by atoms with van der Waals surface area (Å²) in [6.07, 6.45) is 5.89. The van der Waals surface area contributed by atoms with Crippen LogP contribution in [0.5, 0.6) is 0 Å². The third-order valence-corrected chi connectivity index (χ3v) is 2.12. The van der Waals surface area contributed by atoms with Gasteiger partial charge in [-0.2, -0.15) is 0 Å². The summed E-state index contributed by atoms with van der Waals surface area (Å²) in [6.45, 7) is 10.7. The topological polar surface area (TPSA) is 18.8 Å². The first-order valence-corrected chi connectivity index (χ1v) is 5.34. The predicted molar refractivity (Wildman–Crippen MR) is 68.2 cm³/mol. The summed E-state index contributed by atoms with van der Waals surface area (Å²) in [7, 11) is 4.16. The standard InChI is InChI=1S/C12H23N3/c1-6-8-12(11-13-3)15(7-2)10-9-14(4)5/h6,8,11H,3,7,9-10H2,1-2,4-5H3/b8-6+,12-11+. The number of allylic oxidation sites excluding steroid dienone is 2. The van der Waals surface area contributed by atoms with Crippen molar-refractivity contribution in [2.45, 2.75) is 13.8 Å². The fraction of sp³-hybridized carbons (Fsp3) is 0.583. The molecule has 0 bridgehead atoms. The molecular weight excluding hydrogens is 186 g/mol. The molecule has 0 atom stereocenters. The Balaban J connectivity index is 4.45. The van der Waals surface area contributed by atoms with Gasteiger partial charge in [-0.05, 0) is 40.7 Å². The van der Waals surface area contributed by atoms with Crippen LogP contribution in [0.1, 0.15) is 13.8 Å². The van der Waals surface area contributed by atoms with E-state index in [2.05, 4.69) is 48.6 Å². The van der Waals surface area contributed by atoms with Crippen molar-refractivity contribution in [2.24, 2.45) is 4.99 Å². The minimum absolute atomic E-state index is 0.986. The van der Waals surface area contributed by atoms with Gasteiger partial charge in [0.15, 0.2) is 0 Å². The molecule has 0 fully saturated rings. The van der Waals surface area contributed by atoms with Crippen molar-refractivity contribution in [1.29, 1.82) is 0 Å². The number of nitrogens with zero attached hydrogens (tertiary/aromatic N) is 3. The predicted octanol–water partition coefficient (Wildman–Crippen LogP) is 1.99. The van der Waals surface area contributed by atoms with Crippen molar-refractivity contribution >= 4 is 6.72 Å². The Morgan fingerprint density at radius 3 is 2.40 bits per heavy atom. The fourth-order valence-electron chi connectivity index (χ4n) is 1.28. The van der Waals surface area contributed by atoms with E-state index in [9.17, 15) is 0 Å². The molecular formula is C12H23N3. The van der Waals surface area contributed by atoms with Crippen LogP contribution in [0.3, 0.4) is 0 Å². The van der Waals surface area contributed by atoms with E-state index in [1.165, 1.54) is 0 Å². The highest BCUT2D eigenvalue weighted by Gasteiger charge is 2.04. The summed E-state index contributed by atoms with van der Waals surface area (Å²) < 4.78 is 0. The molecule has 0 aromatic rings. The lowest BCUT2D eigenvalue weighted by Gasteiger charge is -2.25. The molecule has 0 radical (unpaired) electrons. The fourth-order valence-corrected chi connectivity index (χ4v) is 1.28. The molecule has 0 unspecified atom stereocenters. The number of hydrogen-bond donors (Lipinski definition) is 0. The van der Waals surface area contributed by atoms with Crippen molar-refractivity contribution < 1.29 is 0 Å². The van der Waals surface area contributed by atoms with Gasteiger partial charge in [0.25, 0.3) is 0 Å². The molecule has 86 valence electrons. The molecule has 0 aromatic carbocycles. The molecule has 0 N–H and O–H groups in total. The van der Waals surface area contributed by atoms with E-state index in [-0.39, 0.29) is 0 Å². The largest absolute Gasteiger partial charge is 0.369 e. The van der Waals surface area contributed by atoms with E-state index in [1.807, 2.05) is 13.0 Å². The molecule has 0 saturated heterocycles. The summed E-state index contributed by atoms with van der Waals surface area (Å²) >= 11 is 0. The average molecular weight is 209 g/mol. The maximum Gasteiger partial charge on any atom is 0.0548 e. The molecule has 0 saturated carbocycles. The molecule has 0 rings (SSSR count). The number of hydrogen-bond acceptors (Lipinski definition) is 3. The Labute approximate surface area is 93.8 Å². The first-order valence-electron chi connectivity index (χ1n) is 5.34. The molecule has 0 spiro atoms. The van der Waals surface area contributed by atoms with Gasteiger partial charge >= 0.3 is 0 Å². The van der Waals surface area contributed by atoms with Crippen molar-refractivity contribution in [3.8, 4) is 0 Å². The molecule has 15 heavy (non-hydrogen) atoms. The zero-order valence-electron chi connectivity index (χ0n) is 10.4. The second-order valence-corrected chi connectivity index (χ2v) is 3.62. The minimum atomic E-state index is 0.986. The van der Waals surface area contributed by atoms with Crippen LogP contribution in [-0.4, -0.2) is 50.2 Å². The lowest BCUT2D eigenvalue weighted by molar-refractivity contribution is 0.304. The third kappa shape index (κ3) is 6.07. The Morgan fingerprint density at radius 2 is 2.00 bits per heavy atom. The van der Waals surface area contributed by atoms with E-state index < -0.39 is 0 Å². The van der Waals surface area contributed by atoms with Gasteiger partial charge in [0, 0.05) is 25.8 Å². The van der Waals surface area contributed by atoms with Crippen LogP contribution in [0.4, 0.5) is 0 Å². The van der Waals surface area contributed by atoms with Crippen LogP contribution in [0, 0.1) is 0 Å². The lowest BCUT2D eigenvalue weighted by atomic mass is 10.3. The van der Waals surface area contributed by atoms with Gasteiger partial charge in [-0.15, -0.1) is 0 Å². The van der Waals surface area contributed by atoms with E-state index >= 15 is 0 Å². The Kier molecular flexibility index (Phi) is 7.64. The second-order valence-electron chi connectivity index (χ2n) is 3.62. The van der Waals surface area contributed by atoms with E-state index in [4.69, 9.17) is 0 Å². The molecule has 0 aromatic heterocycles. The third-order valence-electron chi connectivity index (χ3n) is 2.12. The van der Waals surface area contributed by atoms with Crippen LogP contribution in [0.25, 0.3) is 0 Å². The Morgan fingerprint density at radius 1 is 1.33 bits per heavy atom. The Hall–Kier alpha value is -1.09. The van der Waals surface area contributed by atoms with Crippen LogP contribution >= 0.6 is 0 Å². The summed E-state index contributed by atoms with van der Waals surface area (Å²) in [6, 6.07) is 0. The SMILES string of the molecule is C=N/C=C(\C=C\C)N(CC)CCN(C)C. The number of aliphatic imine (C=N–C) groups is 1. The van der Waals surface area contributed by atoms with Crippen LogP contribution in [-0.2, 0) is 0 Å².